The molecule has 0 aromatic carbocycles. The number of hydrogen-bond acceptors (Lipinski definition) is 8. The number of fused-ring (bicyclic) bond motifs is 1. The molecular weight excluding hydrogens is 428 g/mol. The van der Waals surface area contributed by atoms with E-state index in [0.29, 0.717) is 60.6 Å². The second-order valence-electron chi connectivity index (χ2n) is 8.49. The van der Waals surface area contributed by atoms with E-state index in [0.717, 1.165) is 18.5 Å². The molecule has 1 aliphatic heterocycles. The normalized spacial score (nSPS) is 18.0. The summed E-state index contributed by atoms with van der Waals surface area (Å²) >= 11 is 0. The Morgan fingerprint density at radius 3 is 2.61 bits per heavy atom. The van der Waals surface area contributed by atoms with Crippen LogP contribution in [0.1, 0.15) is 38.8 Å². The highest BCUT2D eigenvalue weighted by Gasteiger charge is 2.38. The van der Waals surface area contributed by atoms with E-state index in [4.69, 9.17) is 23.9 Å². The highest BCUT2D eigenvalue weighted by Crippen LogP contribution is 2.45. The van der Waals surface area contributed by atoms with Crippen molar-refractivity contribution in [3.63, 3.8) is 0 Å². The lowest BCUT2D eigenvalue weighted by Crippen LogP contribution is -2.34. The van der Waals surface area contributed by atoms with Crippen molar-refractivity contribution in [3.8, 4) is 17.4 Å². The number of carbonyl (C=O) groups is 2. The summed E-state index contributed by atoms with van der Waals surface area (Å²) in [4.78, 5) is 29.9. The van der Waals surface area contributed by atoms with Crippen LogP contribution in [-0.4, -0.2) is 73.9 Å². The van der Waals surface area contributed by atoms with E-state index in [1.807, 2.05) is 20.9 Å². The third kappa shape index (κ3) is 5.47. The van der Waals surface area contributed by atoms with Crippen LogP contribution in [0.5, 0.6) is 17.4 Å². The summed E-state index contributed by atoms with van der Waals surface area (Å²) in [6.45, 7) is 4.97. The van der Waals surface area contributed by atoms with E-state index in [1.165, 1.54) is 13.2 Å². The van der Waals surface area contributed by atoms with Crippen molar-refractivity contribution in [2.45, 2.75) is 45.3 Å². The van der Waals surface area contributed by atoms with Gasteiger partial charge in [0.2, 0.25) is 0 Å². The lowest BCUT2D eigenvalue weighted by molar-refractivity contribution is -0.133. The van der Waals surface area contributed by atoms with Gasteiger partial charge in [0.1, 0.15) is 11.8 Å². The SMILES string of the molecule is COCCCOc1cc2c(nc1OC)C(N(C)C1CC1)=C(/C=C(\C=O)C(=O)O)C(C(C)C)O2. The molecule has 2 heterocycles. The van der Waals surface area contributed by atoms with Crippen LogP contribution in [0.15, 0.2) is 23.3 Å². The summed E-state index contributed by atoms with van der Waals surface area (Å²) in [6, 6.07) is 2.08. The lowest BCUT2D eigenvalue weighted by Gasteiger charge is -2.36. The number of pyridine rings is 1. The molecule has 1 aliphatic carbocycles. The third-order valence-corrected chi connectivity index (χ3v) is 5.66. The van der Waals surface area contributed by atoms with Gasteiger partial charge in [-0.3, -0.25) is 4.79 Å². The predicted octanol–water partition coefficient (Wildman–Crippen LogP) is 2.94. The number of carboxylic acid groups (broad SMARTS) is 1. The first-order valence-corrected chi connectivity index (χ1v) is 11.1. The molecule has 9 nitrogen and oxygen atoms in total. The molecule has 9 heteroatoms. The molecule has 1 unspecified atom stereocenters. The zero-order chi connectivity index (χ0) is 24.1. The van der Waals surface area contributed by atoms with Crippen LogP contribution in [-0.2, 0) is 14.3 Å². The van der Waals surface area contributed by atoms with Crippen LogP contribution < -0.4 is 14.2 Å². The number of hydrogen-bond donors (Lipinski definition) is 1. The van der Waals surface area contributed by atoms with E-state index in [-0.39, 0.29) is 11.5 Å². The number of rotatable bonds is 12. The second-order valence-corrected chi connectivity index (χ2v) is 8.49. The Morgan fingerprint density at radius 1 is 1.33 bits per heavy atom. The number of carboxylic acids is 1. The summed E-state index contributed by atoms with van der Waals surface area (Å²) in [7, 11) is 5.11. The number of ether oxygens (including phenoxy) is 4. The third-order valence-electron chi connectivity index (χ3n) is 5.66. The highest BCUT2D eigenvalue weighted by atomic mass is 16.5. The number of methoxy groups -OCH3 is 2. The molecule has 1 fully saturated rings. The molecule has 1 aromatic heterocycles. The minimum absolute atomic E-state index is 0.00173. The van der Waals surface area contributed by atoms with Crippen LogP contribution in [0.3, 0.4) is 0 Å². The van der Waals surface area contributed by atoms with Gasteiger partial charge in [0.25, 0.3) is 5.88 Å². The molecule has 1 N–H and O–H groups in total. The molecule has 1 saturated carbocycles. The van der Waals surface area contributed by atoms with E-state index in [1.54, 1.807) is 13.2 Å². The number of aliphatic carboxylic acids is 1. The fourth-order valence-corrected chi connectivity index (χ4v) is 3.80. The molecule has 0 amide bonds. The van der Waals surface area contributed by atoms with Gasteiger partial charge in [0.15, 0.2) is 17.8 Å². The summed E-state index contributed by atoms with van der Waals surface area (Å²) in [5.41, 5.74) is 1.54. The van der Waals surface area contributed by atoms with Crippen molar-refractivity contribution in [2.75, 3.05) is 34.5 Å². The summed E-state index contributed by atoms with van der Waals surface area (Å²) < 4.78 is 22.8. The van der Waals surface area contributed by atoms with E-state index < -0.39 is 12.1 Å². The highest BCUT2D eigenvalue weighted by molar-refractivity contribution is 6.07. The van der Waals surface area contributed by atoms with Crippen molar-refractivity contribution in [3.05, 3.63) is 29.0 Å². The van der Waals surface area contributed by atoms with Gasteiger partial charge in [0, 0.05) is 44.9 Å². The Hall–Kier alpha value is -3.07. The first-order valence-electron chi connectivity index (χ1n) is 11.1. The number of aromatic nitrogens is 1. The molecule has 33 heavy (non-hydrogen) atoms. The van der Waals surface area contributed by atoms with Crippen molar-refractivity contribution in [1.82, 2.24) is 9.88 Å². The molecule has 0 bridgehead atoms. The Balaban J connectivity index is 2.17. The van der Waals surface area contributed by atoms with E-state index >= 15 is 0 Å². The largest absolute Gasteiger partial charge is 0.488 e. The minimum Gasteiger partial charge on any atom is -0.488 e. The maximum absolute atomic E-state index is 11.6. The van der Waals surface area contributed by atoms with Crippen LogP contribution >= 0.6 is 0 Å². The monoisotopic (exact) mass is 460 g/mol. The smallest absolute Gasteiger partial charge is 0.339 e. The van der Waals surface area contributed by atoms with Crippen molar-refractivity contribution in [1.29, 1.82) is 0 Å². The molecule has 1 aromatic rings. The van der Waals surface area contributed by atoms with Gasteiger partial charge in [0.05, 0.1) is 25.0 Å². The first kappa shape index (κ1) is 24.6. The zero-order valence-corrected chi connectivity index (χ0v) is 19.8. The minimum atomic E-state index is -1.29. The topological polar surface area (TPSA) is 107 Å². The molecule has 0 radical (unpaired) electrons. The molecule has 2 aliphatic rings. The fourth-order valence-electron chi connectivity index (χ4n) is 3.80. The Labute approximate surface area is 194 Å². The summed E-state index contributed by atoms with van der Waals surface area (Å²) in [6.07, 6.45) is 4.04. The molecule has 0 saturated heterocycles. The molecular formula is C24H32N2O7. The average Bonchev–Trinajstić information content (AvgIpc) is 3.63. The van der Waals surface area contributed by atoms with Crippen molar-refractivity contribution < 1.29 is 33.6 Å². The Kier molecular flexibility index (Phi) is 7.97. The lowest BCUT2D eigenvalue weighted by atomic mass is 9.91. The maximum Gasteiger partial charge on any atom is 0.339 e. The average molecular weight is 461 g/mol. The standard InChI is InChI=1S/C24H32N2O7/c1-14(2)22-17(11-15(13-27)24(28)29)21(26(3)16-7-8-16)20-18(33-22)12-19(23(25-20)31-5)32-10-6-9-30-4/h11-14,16,22H,6-10H2,1-5H3,(H,28,29)/b15-11+. The van der Waals surface area contributed by atoms with Crippen LogP contribution in [0.25, 0.3) is 5.70 Å². The van der Waals surface area contributed by atoms with Crippen LogP contribution in [0, 0.1) is 5.92 Å². The molecule has 180 valence electrons. The number of nitrogens with zero attached hydrogens (tertiary/aromatic N) is 2. The van der Waals surface area contributed by atoms with E-state index in [9.17, 15) is 14.7 Å². The predicted molar refractivity (Wildman–Crippen MR) is 122 cm³/mol. The van der Waals surface area contributed by atoms with Gasteiger partial charge in [-0.15, -0.1) is 0 Å². The Morgan fingerprint density at radius 2 is 2.06 bits per heavy atom. The maximum atomic E-state index is 11.6. The van der Waals surface area contributed by atoms with Crippen LogP contribution in [0.4, 0.5) is 0 Å². The van der Waals surface area contributed by atoms with Gasteiger partial charge in [-0.1, -0.05) is 13.8 Å². The van der Waals surface area contributed by atoms with Crippen molar-refractivity contribution >= 4 is 18.0 Å². The first-order chi connectivity index (χ1) is 15.8. The van der Waals surface area contributed by atoms with Gasteiger partial charge in [-0.25, -0.2) is 9.78 Å². The van der Waals surface area contributed by atoms with Gasteiger partial charge in [-0.2, -0.15) is 0 Å². The summed E-state index contributed by atoms with van der Waals surface area (Å²) in [5.74, 6) is 0.00310. The van der Waals surface area contributed by atoms with Gasteiger partial charge < -0.3 is 29.0 Å². The van der Waals surface area contributed by atoms with Gasteiger partial charge in [-0.05, 0) is 24.8 Å². The van der Waals surface area contributed by atoms with E-state index in [2.05, 4.69) is 4.90 Å². The molecule has 0 spiro atoms. The summed E-state index contributed by atoms with van der Waals surface area (Å²) in [5, 5.41) is 9.47. The molecule has 1 atom stereocenters. The van der Waals surface area contributed by atoms with Crippen LogP contribution in [0.2, 0.25) is 0 Å². The molecule has 3 rings (SSSR count). The second kappa shape index (κ2) is 10.7. The Bertz CT molecular complexity index is 950. The number of carbonyl (C=O) groups excluding carboxylic acids is 1. The fraction of sp³-hybridized carbons (Fsp3) is 0.542. The van der Waals surface area contributed by atoms with Gasteiger partial charge >= 0.3 is 5.97 Å². The zero-order valence-electron chi connectivity index (χ0n) is 19.8. The van der Waals surface area contributed by atoms with Crippen molar-refractivity contribution in [2.24, 2.45) is 5.92 Å². The quantitative estimate of drug-likeness (QED) is 0.166. The number of aldehydes is 1.